The highest BCUT2D eigenvalue weighted by Gasteiger charge is 2.54. The third kappa shape index (κ3) is 15.4. The van der Waals surface area contributed by atoms with Crippen LogP contribution in [0.1, 0.15) is 72.1 Å². The first-order chi connectivity index (χ1) is 25.8. The number of rotatable bonds is 17. The van der Waals surface area contributed by atoms with Gasteiger partial charge in [-0.05, 0) is 62.9 Å². The summed E-state index contributed by atoms with van der Waals surface area (Å²) in [5.74, 6) is 1.57. The fourth-order valence-electron chi connectivity index (χ4n) is 6.26. The van der Waals surface area contributed by atoms with Crippen molar-refractivity contribution in [2.45, 2.75) is 83.7 Å². The number of aliphatic hydroxyl groups excluding tert-OH is 1. The maximum Gasteiger partial charge on any atom is 0.247 e. The number of ether oxygens (including phenoxy) is 1. The topological polar surface area (TPSA) is 136 Å². The van der Waals surface area contributed by atoms with Crippen molar-refractivity contribution in [1.29, 1.82) is 0 Å². The molecule has 4 rings (SSSR count). The molecule has 2 atom stereocenters. The van der Waals surface area contributed by atoms with E-state index < -0.39 is 11.6 Å². The summed E-state index contributed by atoms with van der Waals surface area (Å²) in [4.78, 5) is 50.2. The van der Waals surface area contributed by atoms with Crippen LogP contribution in [0.3, 0.4) is 0 Å². The van der Waals surface area contributed by atoms with E-state index >= 15 is 0 Å². The van der Waals surface area contributed by atoms with Crippen LogP contribution >= 0.6 is 0 Å². The lowest BCUT2D eigenvalue weighted by molar-refractivity contribution is -1.09. The van der Waals surface area contributed by atoms with Crippen molar-refractivity contribution in [2.24, 2.45) is 11.8 Å². The van der Waals surface area contributed by atoms with E-state index in [1.165, 1.54) is 0 Å². The van der Waals surface area contributed by atoms with E-state index in [4.69, 9.17) is 14.7 Å². The third-order valence-corrected chi connectivity index (χ3v) is 9.04. The van der Waals surface area contributed by atoms with Gasteiger partial charge in [0.1, 0.15) is 61.8 Å². The van der Waals surface area contributed by atoms with E-state index in [0.29, 0.717) is 69.5 Å². The number of allylic oxidation sites excluding steroid dienone is 9. The third-order valence-electron chi connectivity index (χ3n) is 9.04. The molecular formula is C42H65N5O6+2. The average molecular weight is 736 g/mol. The molecule has 2 amide bonds. The Bertz CT molecular complexity index is 1420. The van der Waals surface area contributed by atoms with Crippen LogP contribution in [-0.4, -0.2) is 99.9 Å². The highest BCUT2D eigenvalue weighted by Crippen LogP contribution is 2.31. The normalized spacial score (nSPS) is 23.8. The molecule has 5 N–H and O–H groups in total. The van der Waals surface area contributed by atoms with Gasteiger partial charge in [-0.2, -0.15) is 9.90 Å². The minimum Gasteiger partial charge on any atom is -0.457 e. The van der Waals surface area contributed by atoms with Gasteiger partial charge in [-0.15, -0.1) is 5.73 Å². The summed E-state index contributed by atoms with van der Waals surface area (Å²) >= 11 is 0. The molecule has 292 valence electrons. The first-order valence-corrected chi connectivity index (χ1v) is 19.1. The van der Waals surface area contributed by atoms with Crippen LogP contribution in [-0.2, 0) is 24.0 Å². The van der Waals surface area contributed by atoms with E-state index in [1.807, 2.05) is 67.7 Å². The molecular weight excluding hydrogens is 670 g/mol. The van der Waals surface area contributed by atoms with Crippen molar-refractivity contribution < 1.29 is 39.1 Å². The highest BCUT2D eigenvalue weighted by molar-refractivity contribution is 6.00. The van der Waals surface area contributed by atoms with Crippen LogP contribution in [0.25, 0.3) is 0 Å². The Morgan fingerprint density at radius 3 is 2.53 bits per heavy atom. The zero-order chi connectivity index (χ0) is 38.9. The first-order valence-electron chi connectivity index (χ1n) is 19.1. The number of piperazine rings is 1. The van der Waals surface area contributed by atoms with Gasteiger partial charge in [0, 0.05) is 44.9 Å². The standard InChI is InChI=1S/C39H52N4O5.C2H7N.CH4O/c1-4-5-6-9-26-43-37(45)36(21-25-40-24-8-7-12-31(2)3)41-38(46)39(43)22-27-42(28-23-39)47-30-33-14-11-16-35(20-18-33)48-34-15-10-13-32(29-44)17-19-34;1-3-2;1-2/h7,10-13,15-20,24,29,31-32,36H,4-6,8-9,21-23,25-28,30H2,1-3H3,(H,41,46);3H,1-2H3;2H,1H3/p+2/b12-7-,40-24?;;/t32?,36-;;/m0../s1. The number of quaternary nitrogens is 1. The van der Waals surface area contributed by atoms with E-state index in [0.717, 1.165) is 56.1 Å². The number of piperidine rings is 1. The molecule has 0 aromatic carbocycles. The van der Waals surface area contributed by atoms with Gasteiger partial charge in [0.2, 0.25) is 11.8 Å². The van der Waals surface area contributed by atoms with Crippen molar-refractivity contribution in [3.8, 4) is 0 Å². The minimum atomic E-state index is -0.826. The molecule has 1 unspecified atom stereocenters. The van der Waals surface area contributed by atoms with Crippen LogP contribution in [0, 0.1) is 11.8 Å². The van der Waals surface area contributed by atoms with Crippen molar-refractivity contribution in [3.63, 3.8) is 0 Å². The Balaban J connectivity index is 0.00000185. The fraction of sp³-hybridized carbons (Fsp3) is 0.548. The van der Waals surface area contributed by atoms with Crippen LogP contribution < -0.4 is 20.7 Å². The quantitative estimate of drug-likeness (QED) is 0.0509. The van der Waals surface area contributed by atoms with Crippen molar-refractivity contribution in [1.82, 2.24) is 15.5 Å². The van der Waals surface area contributed by atoms with Gasteiger partial charge in [0.15, 0.2) is 0 Å². The van der Waals surface area contributed by atoms with Gasteiger partial charge in [0.05, 0.1) is 5.92 Å². The summed E-state index contributed by atoms with van der Waals surface area (Å²) in [6.07, 6.45) is 30.4. The molecule has 2 aliphatic heterocycles. The van der Waals surface area contributed by atoms with E-state index in [9.17, 15) is 14.4 Å². The molecule has 0 radical (unpaired) electrons. The van der Waals surface area contributed by atoms with Crippen LogP contribution in [0.2, 0.25) is 0 Å². The number of aliphatic hydroxyl groups is 1. The number of unbranched alkanes of at least 4 members (excludes halogenated alkanes) is 3. The van der Waals surface area contributed by atoms with E-state index in [1.54, 1.807) is 12.2 Å². The first kappa shape index (κ1) is 45.0. The SMILES string of the molecule is CCCCCCN1C(=O)[C@H](CC[NH+]=CC/C=C\C(C)C)NC(=O)C12CC[NH+](OCC1=C=CC=C(OC3=CC=CC(C=O)C=C3)C=C1)CC2.CNC.CO. The van der Waals surface area contributed by atoms with Crippen LogP contribution in [0.15, 0.2) is 89.7 Å². The zero-order valence-corrected chi connectivity index (χ0v) is 32.9. The van der Waals surface area contributed by atoms with Gasteiger partial charge in [-0.25, -0.2) is 0 Å². The number of hydrogen-bond donors (Lipinski definition) is 5. The predicted octanol–water partition coefficient (Wildman–Crippen LogP) is 2.21. The maximum absolute atomic E-state index is 13.9. The molecule has 11 nitrogen and oxygen atoms in total. The Morgan fingerprint density at radius 2 is 1.83 bits per heavy atom. The molecule has 11 heteroatoms. The minimum absolute atomic E-state index is 0.0303. The highest BCUT2D eigenvalue weighted by atomic mass is 16.7. The molecule has 0 bridgehead atoms. The molecule has 2 aliphatic carbocycles. The summed E-state index contributed by atoms with van der Waals surface area (Å²) < 4.78 is 5.99. The lowest BCUT2D eigenvalue weighted by atomic mass is 9.81. The summed E-state index contributed by atoms with van der Waals surface area (Å²) in [5, 5.41) is 13.8. The Morgan fingerprint density at radius 1 is 1.09 bits per heavy atom. The lowest BCUT2D eigenvalue weighted by Crippen LogP contribution is -3.13. The Labute approximate surface area is 317 Å². The molecule has 0 aromatic rings. The predicted molar refractivity (Wildman–Crippen MR) is 210 cm³/mol. The van der Waals surface area contributed by atoms with E-state index in [-0.39, 0.29) is 17.7 Å². The molecule has 53 heavy (non-hydrogen) atoms. The monoisotopic (exact) mass is 735 g/mol. The molecule has 1 spiro atoms. The second-order valence-corrected chi connectivity index (χ2v) is 13.7. The number of carbonyl (C=O) groups is 3. The van der Waals surface area contributed by atoms with Crippen LogP contribution in [0.5, 0.6) is 0 Å². The van der Waals surface area contributed by atoms with Gasteiger partial charge in [-0.1, -0.05) is 70.4 Å². The lowest BCUT2D eigenvalue weighted by Gasteiger charge is -2.50. The van der Waals surface area contributed by atoms with Gasteiger partial charge < -0.3 is 30.2 Å². The summed E-state index contributed by atoms with van der Waals surface area (Å²) in [6, 6.07) is -0.508. The number of amides is 2. The average Bonchev–Trinajstić information content (AvgIpc) is 3.54. The fourth-order valence-corrected chi connectivity index (χ4v) is 6.26. The Hall–Kier alpha value is -4.12. The number of nitrogens with one attached hydrogen (secondary N) is 4. The largest absolute Gasteiger partial charge is 0.457 e. The molecule has 2 saturated heterocycles. The summed E-state index contributed by atoms with van der Waals surface area (Å²) in [7, 11) is 4.75. The van der Waals surface area contributed by atoms with Crippen LogP contribution in [0.4, 0.5) is 0 Å². The number of nitrogens with zero attached hydrogens (tertiary/aromatic N) is 1. The molecule has 0 aromatic heterocycles. The second-order valence-electron chi connectivity index (χ2n) is 13.7. The van der Waals surface area contributed by atoms with Crippen molar-refractivity contribution in [2.75, 3.05) is 54.0 Å². The molecule has 0 saturated carbocycles. The van der Waals surface area contributed by atoms with Gasteiger partial charge in [-0.3, -0.25) is 14.6 Å². The zero-order valence-electron chi connectivity index (χ0n) is 32.9. The number of hydroxylamine groups is 2. The Kier molecular flexibility index (Phi) is 21.9. The smallest absolute Gasteiger partial charge is 0.247 e. The number of aldehydes is 1. The molecule has 2 heterocycles. The number of carbonyl (C=O) groups excluding carboxylic acids is 3. The van der Waals surface area contributed by atoms with E-state index in [2.05, 4.69) is 54.3 Å². The van der Waals surface area contributed by atoms with Gasteiger partial charge >= 0.3 is 0 Å². The number of hydrogen-bond acceptors (Lipinski definition) is 7. The van der Waals surface area contributed by atoms with Crippen molar-refractivity contribution >= 4 is 24.3 Å². The second kappa shape index (κ2) is 25.8. The molecule has 2 fully saturated rings. The molecule has 4 aliphatic rings. The maximum atomic E-state index is 13.9. The van der Waals surface area contributed by atoms with Crippen molar-refractivity contribution in [3.05, 3.63) is 89.7 Å². The van der Waals surface area contributed by atoms with Gasteiger partial charge in [0.25, 0.3) is 0 Å². The summed E-state index contributed by atoms with van der Waals surface area (Å²) in [5.41, 5.74) is 3.30. The summed E-state index contributed by atoms with van der Waals surface area (Å²) in [6.45, 7) is 9.32.